The maximum Gasteiger partial charge on any atom is 0.0456 e. The number of rotatable bonds is 9. The van der Waals surface area contributed by atoms with Gasteiger partial charge in [0, 0.05) is 61.9 Å². The lowest BCUT2D eigenvalue weighted by Crippen LogP contribution is -2.45. The second-order valence-electron chi connectivity index (χ2n) is 9.29. The van der Waals surface area contributed by atoms with Crippen LogP contribution in [0.4, 0.5) is 5.69 Å². The van der Waals surface area contributed by atoms with Crippen molar-refractivity contribution < 1.29 is 0 Å². The van der Waals surface area contributed by atoms with Gasteiger partial charge in [0.15, 0.2) is 0 Å². The van der Waals surface area contributed by atoms with Crippen LogP contribution >= 0.6 is 0 Å². The van der Waals surface area contributed by atoms with E-state index in [1.807, 2.05) is 0 Å². The van der Waals surface area contributed by atoms with Gasteiger partial charge in [-0.1, -0.05) is 18.2 Å². The second-order valence-corrected chi connectivity index (χ2v) is 9.29. The summed E-state index contributed by atoms with van der Waals surface area (Å²) in [5, 5.41) is 3.23. The molecule has 32 heavy (non-hydrogen) atoms. The van der Waals surface area contributed by atoms with Gasteiger partial charge in [-0.2, -0.15) is 0 Å². The molecule has 1 aromatic carbocycles. The molecule has 2 heterocycles. The number of nitrogens with two attached hydrogens (primary N) is 1. The first-order valence-electron chi connectivity index (χ1n) is 11.8. The fraction of sp³-hybridized carbons (Fsp3) is 0.481. The first-order chi connectivity index (χ1) is 15.3. The largest absolute Gasteiger partial charge is 0.398 e. The van der Waals surface area contributed by atoms with Crippen LogP contribution in [-0.2, 0) is 0 Å². The highest BCUT2D eigenvalue weighted by Gasteiger charge is 2.24. The van der Waals surface area contributed by atoms with E-state index < -0.39 is 0 Å². The molecule has 0 amide bonds. The molecule has 3 rings (SSSR count). The number of likely N-dealkylation sites (N-methyl/N-ethyl adjacent to an activating group) is 1. The molecule has 0 spiro atoms. The summed E-state index contributed by atoms with van der Waals surface area (Å²) < 4.78 is 0. The minimum absolute atomic E-state index is 0.847. The molecule has 0 atom stereocenters. The minimum Gasteiger partial charge on any atom is -0.398 e. The molecule has 0 saturated carbocycles. The molecule has 0 aromatic heterocycles. The highest BCUT2D eigenvalue weighted by atomic mass is 15.2. The minimum atomic E-state index is 0.847. The van der Waals surface area contributed by atoms with E-state index in [2.05, 4.69) is 85.6 Å². The van der Waals surface area contributed by atoms with E-state index in [0.29, 0.717) is 0 Å². The summed E-state index contributed by atoms with van der Waals surface area (Å²) in [7, 11) is 2.21. The van der Waals surface area contributed by atoms with Crippen LogP contribution < -0.4 is 11.1 Å². The highest BCUT2D eigenvalue weighted by Crippen LogP contribution is 2.31. The van der Waals surface area contributed by atoms with Crippen LogP contribution in [0.15, 0.2) is 59.6 Å². The summed E-state index contributed by atoms with van der Waals surface area (Å²) in [6, 6.07) is 6.39. The molecule has 174 valence electrons. The van der Waals surface area contributed by atoms with Crippen LogP contribution in [0.5, 0.6) is 0 Å². The van der Waals surface area contributed by atoms with Crippen LogP contribution in [0.1, 0.15) is 38.3 Å². The topological polar surface area (TPSA) is 47.8 Å². The zero-order valence-electron chi connectivity index (χ0n) is 20.7. The number of hydrogen-bond acceptors (Lipinski definition) is 5. The van der Waals surface area contributed by atoms with Gasteiger partial charge in [0.2, 0.25) is 0 Å². The summed E-state index contributed by atoms with van der Waals surface area (Å²) in [4.78, 5) is 7.50. The predicted molar refractivity (Wildman–Crippen MR) is 138 cm³/mol. The van der Waals surface area contributed by atoms with E-state index >= 15 is 0 Å². The highest BCUT2D eigenvalue weighted by molar-refractivity contribution is 5.77. The Kier molecular flexibility index (Phi) is 8.21. The van der Waals surface area contributed by atoms with Gasteiger partial charge in [-0.25, -0.2) is 0 Å². The summed E-state index contributed by atoms with van der Waals surface area (Å²) in [5.41, 5.74) is 15.9. The van der Waals surface area contributed by atoms with Gasteiger partial charge in [0.05, 0.1) is 0 Å². The van der Waals surface area contributed by atoms with Gasteiger partial charge in [0.25, 0.3) is 0 Å². The molecule has 5 heteroatoms. The molecule has 0 radical (unpaired) electrons. The van der Waals surface area contributed by atoms with Gasteiger partial charge in [-0.05, 0) is 88.8 Å². The van der Waals surface area contributed by atoms with Crippen molar-refractivity contribution in [1.29, 1.82) is 0 Å². The lowest BCUT2D eigenvalue weighted by molar-refractivity contribution is 0.148. The number of nitrogens with one attached hydrogen (secondary N) is 1. The maximum absolute atomic E-state index is 6.54. The average molecular weight is 436 g/mol. The Morgan fingerprint density at radius 2 is 1.84 bits per heavy atom. The third-order valence-electron chi connectivity index (χ3n) is 6.87. The lowest BCUT2D eigenvalue weighted by atomic mass is 9.94. The van der Waals surface area contributed by atoms with Gasteiger partial charge in [0.1, 0.15) is 0 Å². The normalized spacial score (nSPS) is 19.0. The Bertz CT molecular complexity index is 916. The molecule has 0 bridgehead atoms. The Morgan fingerprint density at radius 1 is 1.12 bits per heavy atom. The number of anilines is 1. The van der Waals surface area contributed by atoms with Crippen molar-refractivity contribution in [2.75, 3.05) is 58.2 Å². The fourth-order valence-electron chi connectivity index (χ4n) is 4.53. The molecule has 1 aromatic rings. The van der Waals surface area contributed by atoms with Crippen LogP contribution in [0.25, 0.3) is 5.57 Å². The summed E-state index contributed by atoms with van der Waals surface area (Å²) in [6.45, 7) is 20.5. The fourth-order valence-corrected chi connectivity index (χ4v) is 4.53. The second kappa shape index (κ2) is 10.9. The average Bonchev–Trinajstić information content (AvgIpc) is 2.77. The standard InChI is InChI=1S/C27H41N5/c1-7-29-27-10-9-20(2)17-24(27)21(3)18-26(28)22(4)25-19-32(23(25)5)12-8-11-31-15-13-30(6)14-16-31/h7,9-10,17-18,29H,1,8,11-16,19,28H2,2-6H3/b21-18+,26-22-. The van der Waals surface area contributed by atoms with Crippen LogP contribution in [0, 0.1) is 6.92 Å². The van der Waals surface area contributed by atoms with Crippen LogP contribution in [0.3, 0.4) is 0 Å². The summed E-state index contributed by atoms with van der Waals surface area (Å²) in [5.74, 6) is 0. The molecule has 0 aliphatic carbocycles. The Labute approximate surface area is 194 Å². The number of piperazine rings is 1. The molecule has 2 aliphatic rings. The van der Waals surface area contributed by atoms with Crippen LogP contribution in [0.2, 0.25) is 0 Å². The van der Waals surface area contributed by atoms with Gasteiger partial charge in [-0.3, -0.25) is 0 Å². The molecule has 5 nitrogen and oxygen atoms in total. The molecule has 0 unspecified atom stereocenters. The van der Waals surface area contributed by atoms with Crippen molar-refractivity contribution in [2.24, 2.45) is 5.73 Å². The SMILES string of the molecule is C=CNc1ccc(C)cc1/C(C)=C/C(N)=C(\C)C1=C(C)N(CCCN2CCN(C)CC2)C1. The monoisotopic (exact) mass is 435 g/mol. The summed E-state index contributed by atoms with van der Waals surface area (Å²) >= 11 is 0. The van der Waals surface area contributed by atoms with E-state index in [-0.39, 0.29) is 0 Å². The summed E-state index contributed by atoms with van der Waals surface area (Å²) in [6.07, 6.45) is 5.04. The first kappa shape index (κ1) is 24.1. The van der Waals surface area contributed by atoms with E-state index in [0.717, 1.165) is 35.6 Å². The third-order valence-corrected chi connectivity index (χ3v) is 6.87. The zero-order chi connectivity index (χ0) is 23.3. The van der Waals surface area contributed by atoms with Gasteiger partial charge < -0.3 is 25.8 Å². The predicted octanol–water partition coefficient (Wildman–Crippen LogP) is 4.41. The van der Waals surface area contributed by atoms with Gasteiger partial charge >= 0.3 is 0 Å². The quantitative estimate of drug-likeness (QED) is 0.563. The number of benzene rings is 1. The molecular formula is C27H41N5. The lowest BCUT2D eigenvalue weighted by Gasteiger charge is -2.39. The van der Waals surface area contributed by atoms with Crippen molar-refractivity contribution >= 4 is 11.3 Å². The van der Waals surface area contributed by atoms with E-state index in [9.17, 15) is 0 Å². The molecule has 2 aliphatic heterocycles. The van der Waals surface area contributed by atoms with Gasteiger partial charge in [-0.15, -0.1) is 0 Å². The molecule has 1 saturated heterocycles. The number of nitrogens with zero attached hydrogens (tertiary/aromatic N) is 3. The van der Waals surface area contributed by atoms with E-state index in [4.69, 9.17) is 5.73 Å². The number of hydrogen-bond donors (Lipinski definition) is 2. The van der Waals surface area contributed by atoms with E-state index in [1.165, 1.54) is 61.6 Å². The number of aryl methyl sites for hydroxylation is 1. The number of allylic oxidation sites excluding steroid dienone is 3. The van der Waals surface area contributed by atoms with Crippen molar-refractivity contribution in [1.82, 2.24) is 14.7 Å². The van der Waals surface area contributed by atoms with E-state index in [1.54, 1.807) is 6.20 Å². The zero-order valence-corrected chi connectivity index (χ0v) is 20.7. The van der Waals surface area contributed by atoms with Crippen molar-refractivity contribution in [3.63, 3.8) is 0 Å². The maximum atomic E-state index is 6.54. The smallest absolute Gasteiger partial charge is 0.0456 e. The third kappa shape index (κ3) is 5.84. The van der Waals surface area contributed by atoms with Crippen LogP contribution in [-0.4, -0.2) is 67.6 Å². The first-order valence-corrected chi connectivity index (χ1v) is 11.8. The Balaban J connectivity index is 1.62. The molecule has 3 N–H and O–H groups in total. The Hall–Kier alpha value is -2.50. The Morgan fingerprint density at radius 3 is 2.50 bits per heavy atom. The molecular weight excluding hydrogens is 394 g/mol. The molecule has 1 fully saturated rings. The van der Waals surface area contributed by atoms with Crippen molar-refractivity contribution in [3.8, 4) is 0 Å². The van der Waals surface area contributed by atoms with Crippen molar-refractivity contribution in [2.45, 2.75) is 34.1 Å². The van der Waals surface area contributed by atoms with Crippen molar-refractivity contribution in [3.05, 3.63) is 70.7 Å².